The van der Waals surface area contributed by atoms with Crippen molar-refractivity contribution in [3.8, 4) is 11.5 Å². The van der Waals surface area contributed by atoms with Crippen molar-refractivity contribution in [2.24, 2.45) is 0 Å². The summed E-state index contributed by atoms with van der Waals surface area (Å²) in [4.78, 5) is 20.5. The van der Waals surface area contributed by atoms with Crippen molar-refractivity contribution in [3.05, 3.63) is 48.0 Å². The molecular weight excluding hydrogens is 436 g/mol. The van der Waals surface area contributed by atoms with Crippen LogP contribution in [0.3, 0.4) is 0 Å². The summed E-state index contributed by atoms with van der Waals surface area (Å²) in [5.74, 6) is -0.840. The molecule has 0 spiro atoms. The molecule has 0 atom stereocenters. The van der Waals surface area contributed by atoms with Gasteiger partial charge in [0.15, 0.2) is 29.1 Å². The van der Waals surface area contributed by atoms with Crippen molar-refractivity contribution in [2.75, 3.05) is 45.8 Å². The zero-order valence-electron chi connectivity index (χ0n) is 16.7. The summed E-state index contributed by atoms with van der Waals surface area (Å²) >= 11 is 1.06. The second-order valence-corrected chi connectivity index (χ2v) is 7.53. The van der Waals surface area contributed by atoms with Crippen LogP contribution in [0.15, 0.2) is 36.4 Å². The third-order valence-electron chi connectivity index (χ3n) is 4.12. The van der Waals surface area contributed by atoms with Crippen LogP contribution < -0.4 is 14.4 Å². The number of thiazole rings is 1. The van der Waals surface area contributed by atoms with Crippen LogP contribution in [-0.4, -0.2) is 56.7 Å². The van der Waals surface area contributed by atoms with E-state index < -0.39 is 11.6 Å². The van der Waals surface area contributed by atoms with Gasteiger partial charge in [-0.2, -0.15) is 0 Å². The van der Waals surface area contributed by atoms with Gasteiger partial charge in [-0.05, 0) is 32.3 Å². The molecule has 1 amide bonds. The van der Waals surface area contributed by atoms with Gasteiger partial charge in [0.25, 0.3) is 5.91 Å². The first kappa shape index (κ1) is 23.8. The van der Waals surface area contributed by atoms with Gasteiger partial charge < -0.3 is 14.4 Å². The summed E-state index contributed by atoms with van der Waals surface area (Å²) < 4.78 is 38.8. The van der Waals surface area contributed by atoms with Gasteiger partial charge in [-0.1, -0.05) is 23.5 Å². The standard InChI is InChI=1S/C20H21F2N3O3S.ClH/c1-24(2)8-9-25(18(26)12-28-16-7-5-4-6-15(16)27-3)20-23-19-14(22)10-13(21)11-17(19)29-20;/h4-7,10-11H,8-9,12H2,1-3H3;1H. The minimum Gasteiger partial charge on any atom is -0.493 e. The molecule has 0 saturated carbocycles. The Morgan fingerprint density at radius 1 is 1.13 bits per heavy atom. The topological polar surface area (TPSA) is 54.9 Å². The van der Waals surface area contributed by atoms with E-state index in [1.807, 2.05) is 19.0 Å². The van der Waals surface area contributed by atoms with Gasteiger partial charge in [0.2, 0.25) is 0 Å². The maximum Gasteiger partial charge on any atom is 0.266 e. The summed E-state index contributed by atoms with van der Waals surface area (Å²) in [5.41, 5.74) is 0.0414. The molecule has 3 rings (SSSR count). The third kappa shape index (κ3) is 5.56. The van der Waals surface area contributed by atoms with Crippen LogP contribution >= 0.6 is 23.7 Å². The van der Waals surface area contributed by atoms with Crippen LogP contribution in [0, 0.1) is 11.6 Å². The largest absolute Gasteiger partial charge is 0.493 e. The molecule has 0 N–H and O–H groups in total. The molecule has 3 aromatic rings. The quantitative estimate of drug-likeness (QED) is 0.512. The number of rotatable bonds is 8. The Morgan fingerprint density at radius 2 is 1.83 bits per heavy atom. The van der Waals surface area contributed by atoms with E-state index in [1.54, 1.807) is 24.3 Å². The zero-order valence-corrected chi connectivity index (χ0v) is 18.4. The molecular formula is C20H22ClF2N3O3S. The molecule has 0 bridgehead atoms. The summed E-state index contributed by atoms with van der Waals surface area (Å²) in [6.45, 7) is 0.638. The van der Waals surface area contributed by atoms with Crippen LogP contribution in [0.25, 0.3) is 10.2 Å². The fourth-order valence-electron chi connectivity index (χ4n) is 2.64. The average molecular weight is 458 g/mol. The van der Waals surface area contributed by atoms with Crippen molar-refractivity contribution in [3.63, 3.8) is 0 Å². The van der Waals surface area contributed by atoms with E-state index in [0.29, 0.717) is 34.4 Å². The summed E-state index contributed by atoms with van der Waals surface area (Å²) in [6.07, 6.45) is 0. The Balaban J connectivity index is 0.00000320. The number of aromatic nitrogens is 1. The van der Waals surface area contributed by atoms with E-state index in [1.165, 1.54) is 18.1 Å². The minimum absolute atomic E-state index is 0. The van der Waals surface area contributed by atoms with Gasteiger partial charge in [0.1, 0.15) is 11.3 Å². The smallest absolute Gasteiger partial charge is 0.266 e. The first-order valence-corrected chi connectivity index (χ1v) is 9.67. The van der Waals surface area contributed by atoms with Gasteiger partial charge in [-0.15, -0.1) is 12.4 Å². The first-order chi connectivity index (χ1) is 13.9. The number of methoxy groups -OCH3 is 1. The maximum absolute atomic E-state index is 14.0. The highest BCUT2D eigenvalue weighted by atomic mass is 35.5. The molecule has 0 aliphatic rings. The van der Waals surface area contributed by atoms with Crippen molar-refractivity contribution in [1.82, 2.24) is 9.88 Å². The number of fused-ring (bicyclic) bond motifs is 1. The lowest BCUT2D eigenvalue weighted by molar-refractivity contribution is -0.120. The summed E-state index contributed by atoms with van der Waals surface area (Å²) in [6, 6.07) is 8.99. The molecule has 6 nitrogen and oxygen atoms in total. The number of amides is 1. The van der Waals surface area contributed by atoms with E-state index in [4.69, 9.17) is 9.47 Å². The van der Waals surface area contributed by atoms with Gasteiger partial charge in [0, 0.05) is 19.2 Å². The van der Waals surface area contributed by atoms with Gasteiger partial charge in [0.05, 0.1) is 11.8 Å². The molecule has 1 heterocycles. The molecule has 30 heavy (non-hydrogen) atoms. The van der Waals surface area contributed by atoms with E-state index in [-0.39, 0.29) is 30.4 Å². The van der Waals surface area contributed by atoms with Crippen LogP contribution in [-0.2, 0) is 4.79 Å². The zero-order chi connectivity index (χ0) is 21.0. The van der Waals surface area contributed by atoms with Crippen LogP contribution in [0.4, 0.5) is 13.9 Å². The highest BCUT2D eigenvalue weighted by Gasteiger charge is 2.22. The van der Waals surface area contributed by atoms with Crippen molar-refractivity contribution in [2.45, 2.75) is 0 Å². The molecule has 0 radical (unpaired) electrons. The number of hydrogen-bond donors (Lipinski definition) is 0. The second kappa shape index (κ2) is 10.5. The Hall–Kier alpha value is -2.49. The van der Waals surface area contributed by atoms with Crippen molar-refractivity contribution in [1.29, 1.82) is 0 Å². The Kier molecular flexibility index (Phi) is 8.33. The number of carbonyl (C=O) groups is 1. The maximum atomic E-state index is 14.0. The molecule has 1 aromatic heterocycles. The number of hydrogen-bond acceptors (Lipinski definition) is 6. The number of carbonyl (C=O) groups excluding carboxylic acids is 1. The fraction of sp³-hybridized carbons (Fsp3) is 0.300. The molecule has 162 valence electrons. The number of benzene rings is 2. The molecule has 0 fully saturated rings. The Morgan fingerprint density at radius 3 is 2.50 bits per heavy atom. The van der Waals surface area contributed by atoms with Crippen LogP contribution in [0.5, 0.6) is 11.5 Å². The normalized spacial score (nSPS) is 10.7. The van der Waals surface area contributed by atoms with Gasteiger partial charge in [-0.3, -0.25) is 9.69 Å². The average Bonchev–Trinajstić information content (AvgIpc) is 3.10. The lowest BCUT2D eigenvalue weighted by Gasteiger charge is -2.22. The SMILES string of the molecule is COc1ccccc1OCC(=O)N(CCN(C)C)c1nc2c(F)cc(F)cc2s1.Cl. The Labute approximate surface area is 183 Å². The van der Waals surface area contributed by atoms with Crippen molar-refractivity contribution >= 4 is 45.0 Å². The first-order valence-electron chi connectivity index (χ1n) is 8.85. The highest BCUT2D eigenvalue weighted by Crippen LogP contribution is 2.31. The van der Waals surface area contributed by atoms with E-state index in [0.717, 1.165) is 17.4 Å². The Bertz CT molecular complexity index is 1020. The fourth-order valence-corrected chi connectivity index (χ4v) is 3.69. The molecule has 0 saturated heterocycles. The van der Waals surface area contributed by atoms with Crippen LogP contribution in [0.1, 0.15) is 0 Å². The number of halogens is 3. The second-order valence-electron chi connectivity index (χ2n) is 6.52. The van der Waals surface area contributed by atoms with Gasteiger partial charge >= 0.3 is 0 Å². The van der Waals surface area contributed by atoms with E-state index >= 15 is 0 Å². The van der Waals surface area contributed by atoms with Crippen molar-refractivity contribution < 1.29 is 23.0 Å². The number of anilines is 1. The predicted molar refractivity (Wildman–Crippen MR) is 116 cm³/mol. The van der Waals surface area contributed by atoms with Crippen LogP contribution in [0.2, 0.25) is 0 Å². The molecule has 0 unspecified atom stereocenters. The summed E-state index contributed by atoms with van der Waals surface area (Å²) in [7, 11) is 5.27. The highest BCUT2D eigenvalue weighted by molar-refractivity contribution is 7.22. The third-order valence-corrected chi connectivity index (χ3v) is 5.15. The molecule has 0 aliphatic carbocycles. The number of likely N-dealkylation sites (N-methyl/N-ethyl adjacent to an activating group) is 1. The predicted octanol–water partition coefficient (Wildman–Crippen LogP) is 3.98. The number of nitrogens with zero attached hydrogens (tertiary/aromatic N) is 3. The van der Waals surface area contributed by atoms with Gasteiger partial charge in [-0.25, -0.2) is 13.8 Å². The lowest BCUT2D eigenvalue weighted by atomic mass is 10.3. The molecule has 0 aliphatic heterocycles. The molecule has 10 heteroatoms. The summed E-state index contributed by atoms with van der Waals surface area (Å²) in [5, 5.41) is 0.292. The minimum atomic E-state index is -0.757. The number of para-hydroxylation sites is 2. The lowest BCUT2D eigenvalue weighted by Crippen LogP contribution is -2.39. The van der Waals surface area contributed by atoms with E-state index in [9.17, 15) is 13.6 Å². The monoisotopic (exact) mass is 457 g/mol. The molecule has 2 aromatic carbocycles. The van der Waals surface area contributed by atoms with E-state index in [2.05, 4.69) is 4.98 Å². The number of ether oxygens (including phenoxy) is 2.